The molecule has 1 amide bonds. The number of methoxy groups -OCH3 is 1. The van der Waals surface area contributed by atoms with Crippen molar-refractivity contribution < 1.29 is 22.7 Å². The minimum Gasteiger partial charge on any atom is -0.495 e. The highest BCUT2D eigenvalue weighted by atomic mass is 32.2. The maximum absolute atomic E-state index is 13.0. The molecule has 0 spiro atoms. The Kier molecular flexibility index (Phi) is 5.55. The van der Waals surface area contributed by atoms with Gasteiger partial charge in [0.15, 0.2) is 0 Å². The average molecular weight is 382 g/mol. The molecule has 3 rings (SSSR count). The van der Waals surface area contributed by atoms with Crippen LogP contribution in [0.5, 0.6) is 5.75 Å². The van der Waals surface area contributed by atoms with Crippen LogP contribution in [-0.4, -0.2) is 69.0 Å². The summed E-state index contributed by atoms with van der Waals surface area (Å²) in [6, 6.07) is 4.62. The van der Waals surface area contributed by atoms with Crippen molar-refractivity contribution in [3.8, 4) is 5.75 Å². The van der Waals surface area contributed by atoms with Gasteiger partial charge in [-0.1, -0.05) is 0 Å². The van der Waals surface area contributed by atoms with Gasteiger partial charge in [-0.3, -0.25) is 4.79 Å². The van der Waals surface area contributed by atoms with E-state index in [0.717, 1.165) is 12.8 Å². The Balaban J connectivity index is 1.93. The van der Waals surface area contributed by atoms with Crippen molar-refractivity contribution in [2.24, 2.45) is 0 Å². The third-order valence-electron chi connectivity index (χ3n) is 4.80. The summed E-state index contributed by atoms with van der Waals surface area (Å²) in [5.74, 6) is 0.0738. The van der Waals surface area contributed by atoms with E-state index in [1.807, 2.05) is 13.8 Å². The molecule has 0 N–H and O–H groups in total. The fourth-order valence-corrected chi connectivity index (χ4v) is 5.30. The molecule has 2 aliphatic heterocycles. The van der Waals surface area contributed by atoms with Crippen LogP contribution in [0.25, 0.3) is 0 Å². The lowest BCUT2D eigenvalue weighted by molar-refractivity contribution is -0.0586. The number of benzene rings is 1. The number of sulfonamides is 1. The molecule has 0 saturated carbocycles. The van der Waals surface area contributed by atoms with E-state index >= 15 is 0 Å². The molecule has 144 valence electrons. The van der Waals surface area contributed by atoms with E-state index in [9.17, 15) is 13.2 Å². The van der Waals surface area contributed by atoms with Gasteiger partial charge in [0.05, 0.1) is 19.3 Å². The zero-order valence-electron chi connectivity index (χ0n) is 15.5. The van der Waals surface area contributed by atoms with Crippen LogP contribution in [0.4, 0.5) is 0 Å². The van der Waals surface area contributed by atoms with Crippen LogP contribution in [0.3, 0.4) is 0 Å². The number of amides is 1. The minimum atomic E-state index is -3.68. The summed E-state index contributed by atoms with van der Waals surface area (Å²) in [6.07, 6.45) is 1.61. The summed E-state index contributed by atoms with van der Waals surface area (Å²) in [5.41, 5.74) is 0.352. The molecule has 2 saturated heterocycles. The molecule has 0 bridgehead atoms. The van der Waals surface area contributed by atoms with Crippen LogP contribution in [0.2, 0.25) is 0 Å². The Labute approximate surface area is 154 Å². The first-order valence-corrected chi connectivity index (χ1v) is 10.4. The van der Waals surface area contributed by atoms with Gasteiger partial charge in [-0.15, -0.1) is 0 Å². The summed E-state index contributed by atoms with van der Waals surface area (Å²) >= 11 is 0. The van der Waals surface area contributed by atoms with E-state index in [0.29, 0.717) is 31.7 Å². The van der Waals surface area contributed by atoms with Gasteiger partial charge in [0.2, 0.25) is 10.0 Å². The van der Waals surface area contributed by atoms with Crippen LogP contribution in [0.1, 0.15) is 37.0 Å². The molecule has 2 atom stereocenters. The Morgan fingerprint density at radius 2 is 1.77 bits per heavy atom. The van der Waals surface area contributed by atoms with Crippen molar-refractivity contribution in [2.75, 3.05) is 33.3 Å². The molecular weight excluding hydrogens is 356 g/mol. The Morgan fingerprint density at radius 1 is 1.15 bits per heavy atom. The molecule has 1 aromatic rings. The molecular formula is C18H26N2O5S. The van der Waals surface area contributed by atoms with Crippen LogP contribution >= 0.6 is 0 Å². The number of rotatable bonds is 4. The molecule has 0 radical (unpaired) electrons. The van der Waals surface area contributed by atoms with Crippen molar-refractivity contribution >= 4 is 15.9 Å². The zero-order valence-corrected chi connectivity index (χ0v) is 16.3. The SMILES string of the molecule is COc1ccc(C(=O)N2CC(C)OC(C)C2)cc1S(=O)(=O)N1CCCC1. The predicted molar refractivity (Wildman–Crippen MR) is 96.9 cm³/mol. The fraction of sp³-hybridized carbons (Fsp3) is 0.611. The van der Waals surface area contributed by atoms with Crippen LogP contribution in [0, 0.1) is 0 Å². The summed E-state index contributed by atoms with van der Waals surface area (Å²) in [7, 11) is -2.24. The van der Waals surface area contributed by atoms with E-state index in [1.54, 1.807) is 17.0 Å². The molecule has 1 aromatic carbocycles. The summed E-state index contributed by atoms with van der Waals surface area (Å²) < 4.78 is 38.3. The first-order chi connectivity index (χ1) is 12.3. The normalized spacial score (nSPS) is 24.7. The molecule has 26 heavy (non-hydrogen) atoms. The largest absolute Gasteiger partial charge is 0.495 e. The third kappa shape index (κ3) is 3.72. The molecule has 0 aliphatic carbocycles. The van der Waals surface area contributed by atoms with Crippen molar-refractivity contribution in [2.45, 2.75) is 43.8 Å². The highest BCUT2D eigenvalue weighted by Gasteiger charge is 2.32. The van der Waals surface area contributed by atoms with Crippen LogP contribution < -0.4 is 4.74 Å². The monoisotopic (exact) mass is 382 g/mol. The topological polar surface area (TPSA) is 76.1 Å². The number of nitrogens with zero attached hydrogens (tertiary/aromatic N) is 2. The first-order valence-electron chi connectivity index (χ1n) is 8.96. The minimum absolute atomic E-state index is 0.0475. The number of hydrogen-bond acceptors (Lipinski definition) is 5. The number of ether oxygens (including phenoxy) is 2. The standard InChI is InChI=1S/C18H26N2O5S/c1-13-11-19(12-14(2)25-13)18(21)15-6-7-16(24-3)17(10-15)26(22,23)20-8-4-5-9-20/h6-7,10,13-14H,4-5,8-9,11-12H2,1-3H3. The highest BCUT2D eigenvalue weighted by molar-refractivity contribution is 7.89. The van der Waals surface area contributed by atoms with Crippen molar-refractivity contribution in [3.05, 3.63) is 23.8 Å². The molecule has 2 fully saturated rings. The predicted octanol–water partition coefficient (Wildman–Crippen LogP) is 1.73. The van der Waals surface area contributed by atoms with Gasteiger partial charge in [0.25, 0.3) is 5.91 Å². The van der Waals surface area contributed by atoms with E-state index in [-0.39, 0.29) is 28.8 Å². The van der Waals surface area contributed by atoms with Gasteiger partial charge in [-0.25, -0.2) is 8.42 Å². The Bertz CT molecular complexity index is 764. The maximum atomic E-state index is 13.0. The van der Waals surface area contributed by atoms with E-state index < -0.39 is 10.0 Å². The maximum Gasteiger partial charge on any atom is 0.254 e. The lowest BCUT2D eigenvalue weighted by Crippen LogP contribution is -2.48. The van der Waals surface area contributed by atoms with Crippen molar-refractivity contribution in [3.63, 3.8) is 0 Å². The van der Waals surface area contributed by atoms with E-state index in [2.05, 4.69) is 0 Å². The van der Waals surface area contributed by atoms with Gasteiger partial charge in [-0.2, -0.15) is 4.31 Å². The lowest BCUT2D eigenvalue weighted by Gasteiger charge is -2.35. The number of morpholine rings is 1. The lowest BCUT2D eigenvalue weighted by atomic mass is 10.1. The van der Waals surface area contributed by atoms with E-state index in [1.165, 1.54) is 17.5 Å². The number of carbonyl (C=O) groups excluding carboxylic acids is 1. The summed E-state index contributed by atoms with van der Waals surface area (Å²) in [6.45, 7) is 5.83. The molecule has 0 aromatic heterocycles. The van der Waals surface area contributed by atoms with Gasteiger partial charge in [0.1, 0.15) is 10.6 Å². The molecule has 2 unspecified atom stereocenters. The van der Waals surface area contributed by atoms with Crippen molar-refractivity contribution in [1.29, 1.82) is 0 Å². The quantitative estimate of drug-likeness (QED) is 0.793. The van der Waals surface area contributed by atoms with Crippen LogP contribution in [0.15, 0.2) is 23.1 Å². The smallest absolute Gasteiger partial charge is 0.254 e. The Hall–Kier alpha value is -1.64. The number of carbonyl (C=O) groups is 1. The molecule has 8 heteroatoms. The second-order valence-corrected chi connectivity index (χ2v) is 8.85. The van der Waals surface area contributed by atoms with Gasteiger partial charge < -0.3 is 14.4 Å². The van der Waals surface area contributed by atoms with Crippen LogP contribution in [-0.2, 0) is 14.8 Å². The zero-order chi connectivity index (χ0) is 18.9. The Morgan fingerprint density at radius 3 is 2.35 bits per heavy atom. The second-order valence-electron chi connectivity index (χ2n) is 6.94. The average Bonchev–Trinajstić information content (AvgIpc) is 3.15. The van der Waals surface area contributed by atoms with Gasteiger partial charge >= 0.3 is 0 Å². The molecule has 7 nitrogen and oxygen atoms in total. The molecule has 2 heterocycles. The fourth-order valence-electron chi connectivity index (χ4n) is 3.61. The van der Waals surface area contributed by atoms with E-state index in [4.69, 9.17) is 9.47 Å². The first kappa shape index (κ1) is 19.1. The summed E-state index contributed by atoms with van der Waals surface area (Å²) in [4.78, 5) is 14.7. The second kappa shape index (κ2) is 7.54. The van der Waals surface area contributed by atoms with Gasteiger partial charge in [0, 0.05) is 31.7 Å². The van der Waals surface area contributed by atoms with Gasteiger partial charge in [-0.05, 0) is 44.9 Å². The number of hydrogen-bond donors (Lipinski definition) is 0. The molecule has 2 aliphatic rings. The third-order valence-corrected chi connectivity index (χ3v) is 6.72. The summed E-state index contributed by atoms with van der Waals surface area (Å²) in [5, 5.41) is 0. The highest BCUT2D eigenvalue weighted by Crippen LogP contribution is 2.30. The van der Waals surface area contributed by atoms with Crippen molar-refractivity contribution in [1.82, 2.24) is 9.21 Å².